The summed E-state index contributed by atoms with van der Waals surface area (Å²) in [4.78, 5) is 12.7. The molecule has 2 aromatic heterocycles. The lowest BCUT2D eigenvalue weighted by Crippen LogP contribution is -2.15. The first-order chi connectivity index (χ1) is 11.3. The van der Waals surface area contributed by atoms with Gasteiger partial charge in [-0.25, -0.2) is 19.7 Å². The molecule has 2 aromatic rings. The van der Waals surface area contributed by atoms with Gasteiger partial charge in [0.2, 0.25) is 0 Å². The Balaban J connectivity index is 0.000000433. The molecule has 1 aliphatic carbocycles. The second-order valence-corrected chi connectivity index (χ2v) is 6.60. The van der Waals surface area contributed by atoms with E-state index in [1.54, 1.807) is 19.6 Å². The molecule has 1 fully saturated rings. The molecule has 1 N–H and O–H groups in total. The van der Waals surface area contributed by atoms with Crippen molar-refractivity contribution < 1.29 is 4.18 Å². The van der Waals surface area contributed by atoms with E-state index in [2.05, 4.69) is 38.1 Å². The number of aromatic nitrogens is 4. The molecule has 3 rings (SSSR count). The molecule has 23 heavy (non-hydrogen) atoms. The predicted molar refractivity (Wildman–Crippen MR) is 94.9 cm³/mol. The van der Waals surface area contributed by atoms with E-state index in [-0.39, 0.29) is 0 Å². The van der Waals surface area contributed by atoms with E-state index >= 15 is 0 Å². The minimum absolute atomic E-state index is 0.499. The normalized spacial score (nSPS) is 20.5. The van der Waals surface area contributed by atoms with E-state index in [4.69, 9.17) is 4.18 Å². The Hall–Kier alpha value is -1.18. The van der Waals surface area contributed by atoms with Crippen molar-refractivity contribution in [1.29, 1.82) is 0 Å². The number of rotatable bonds is 6. The van der Waals surface area contributed by atoms with Crippen molar-refractivity contribution in [2.24, 2.45) is 5.92 Å². The van der Waals surface area contributed by atoms with Gasteiger partial charge in [0.1, 0.15) is 11.8 Å². The fourth-order valence-electron chi connectivity index (χ4n) is 2.75. The van der Waals surface area contributed by atoms with Crippen LogP contribution < -0.4 is 4.72 Å². The van der Waals surface area contributed by atoms with Crippen molar-refractivity contribution in [2.75, 3.05) is 13.7 Å². The zero-order chi connectivity index (χ0) is 16.5. The lowest BCUT2D eigenvalue weighted by molar-refractivity contribution is 0.460. The van der Waals surface area contributed by atoms with Crippen LogP contribution in [0, 0.1) is 5.92 Å². The Morgan fingerprint density at radius 1 is 1.30 bits per heavy atom. The Morgan fingerprint density at radius 3 is 2.87 bits per heavy atom. The van der Waals surface area contributed by atoms with Crippen LogP contribution in [-0.4, -0.2) is 33.2 Å². The number of fused-ring (bicyclic) bond motifs is 1. The highest BCUT2D eigenvalue weighted by Gasteiger charge is 2.27. The Morgan fingerprint density at radius 2 is 2.13 bits per heavy atom. The topological polar surface area (TPSA) is 64.9 Å². The quantitative estimate of drug-likeness (QED) is 0.492. The van der Waals surface area contributed by atoms with Crippen LogP contribution in [0.5, 0.6) is 0 Å². The van der Waals surface area contributed by atoms with E-state index in [1.165, 1.54) is 37.9 Å². The van der Waals surface area contributed by atoms with Crippen LogP contribution in [0.3, 0.4) is 0 Å². The molecule has 2 heterocycles. The van der Waals surface area contributed by atoms with Gasteiger partial charge in [-0.2, -0.15) is 0 Å². The first-order valence-electron chi connectivity index (χ1n) is 8.35. The standard InChI is InChI=1S/C12H17N5OS.C4H10/c1-18-19-16-5-9-2-3-10(4-9)17-8-15-11-6-13-7-14-12(11)17;1-3-4-2/h6-10,16H,2-5H2,1H3;3-4H2,1-2H3. The molecule has 1 saturated carbocycles. The molecule has 128 valence electrons. The van der Waals surface area contributed by atoms with E-state index in [9.17, 15) is 0 Å². The van der Waals surface area contributed by atoms with Crippen LogP contribution >= 0.6 is 12.2 Å². The maximum Gasteiger partial charge on any atom is 0.163 e. The monoisotopic (exact) mass is 337 g/mol. The molecule has 0 bridgehead atoms. The summed E-state index contributed by atoms with van der Waals surface area (Å²) in [6.45, 7) is 5.34. The summed E-state index contributed by atoms with van der Waals surface area (Å²) in [6, 6.07) is 0.499. The average Bonchev–Trinajstić information content (AvgIpc) is 3.22. The summed E-state index contributed by atoms with van der Waals surface area (Å²) < 4.78 is 10.4. The van der Waals surface area contributed by atoms with Crippen LogP contribution in [0.15, 0.2) is 18.9 Å². The van der Waals surface area contributed by atoms with Crippen LogP contribution in [0.25, 0.3) is 11.2 Å². The fraction of sp³-hybridized carbons (Fsp3) is 0.688. The van der Waals surface area contributed by atoms with Crippen molar-refractivity contribution in [3.63, 3.8) is 0 Å². The minimum atomic E-state index is 0.499. The molecule has 1 aliphatic rings. The van der Waals surface area contributed by atoms with Crippen LogP contribution in [0.1, 0.15) is 52.0 Å². The van der Waals surface area contributed by atoms with Crippen molar-refractivity contribution >= 4 is 23.4 Å². The molecular formula is C16H27N5OS. The maximum atomic E-state index is 4.93. The van der Waals surface area contributed by atoms with Gasteiger partial charge in [0, 0.05) is 12.6 Å². The summed E-state index contributed by atoms with van der Waals surface area (Å²) >= 11 is 1.31. The van der Waals surface area contributed by atoms with E-state index in [0.29, 0.717) is 12.0 Å². The van der Waals surface area contributed by atoms with Crippen LogP contribution in [0.4, 0.5) is 0 Å². The average molecular weight is 337 g/mol. The highest BCUT2D eigenvalue weighted by atomic mass is 32.2. The molecule has 0 aromatic carbocycles. The van der Waals surface area contributed by atoms with Gasteiger partial charge >= 0.3 is 0 Å². The molecule has 6 nitrogen and oxygen atoms in total. The van der Waals surface area contributed by atoms with Gasteiger partial charge in [-0.1, -0.05) is 26.7 Å². The van der Waals surface area contributed by atoms with Crippen LogP contribution in [-0.2, 0) is 4.18 Å². The second kappa shape index (κ2) is 9.85. The molecular weight excluding hydrogens is 310 g/mol. The first-order valence-corrected chi connectivity index (χ1v) is 9.09. The van der Waals surface area contributed by atoms with Gasteiger partial charge in [-0.05, 0) is 25.2 Å². The summed E-state index contributed by atoms with van der Waals surface area (Å²) in [5.41, 5.74) is 1.82. The highest BCUT2D eigenvalue weighted by Crippen LogP contribution is 2.35. The second-order valence-electron chi connectivity index (χ2n) is 5.81. The van der Waals surface area contributed by atoms with E-state index in [1.807, 2.05) is 6.33 Å². The third kappa shape index (κ3) is 5.16. The number of hydrogen-bond acceptors (Lipinski definition) is 6. The zero-order valence-corrected chi connectivity index (χ0v) is 15.1. The highest BCUT2D eigenvalue weighted by molar-refractivity contribution is 7.92. The number of imidazole rings is 1. The van der Waals surface area contributed by atoms with Gasteiger partial charge in [-0.3, -0.25) is 0 Å². The van der Waals surface area contributed by atoms with Crippen molar-refractivity contribution in [3.05, 3.63) is 18.9 Å². The molecule has 0 amide bonds. The number of hydrogen-bond donors (Lipinski definition) is 1. The Kier molecular flexibility index (Phi) is 7.78. The lowest BCUT2D eigenvalue weighted by Gasteiger charge is -2.13. The number of nitrogens with zero attached hydrogens (tertiary/aromatic N) is 4. The summed E-state index contributed by atoms with van der Waals surface area (Å²) in [7, 11) is 1.67. The number of unbranched alkanes of at least 4 members (excludes halogenated alkanes) is 1. The first kappa shape index (κ1) is 18.2. The molecule has 0 aliphatic heterocycles. The van der Waals surface area contributed by atoms with Gasteiger partial charge in [0.25, 0.3) is 0 Å². The predicted octanol–water partition coefficient (Wildman–Crippen LogP) is 3.77. The minimum Gasteiger partial charge on any atom is -0.312 e. The molecule has 0 spiro atoms. The smallest absolute Gasteiger partial charge is 0.163 e. The van der Waals surface area contributed by atoms with Gasteiger partial charge in [0.05, 0.1) is 31.9 Å². The zero-order valence-electron chi connectivity index (χ0n) is 14.2. The molecule has 2 atom stereocenters. The van der Waals surface area contributed by atoms with Crippen molar-refractivity contribution in [3.8, 4) is 0 Å². The van der Waals surface area contributed by atoms with Crippen molar-refractivity contribution in [1.82, 2.24) is 24.2 Å². The molecule has 7 heteroatoms. The molecule has 0 radical (unpaired) electrons. The van der Waals surface area contributed by atoms with E-state index < -0.39 is 0 Å². The van der Waals surface area contributed by atoms with Crippen molar-refractivity contribution in [2.45, 2.75) is 52.0 Å². The molecule has 0 saturated heterocycles. The lowest BCUT2D eigenvalue weighted by atomic mass is 10.1. The Labute approximate surface area is 142 Å². The van der Waals surface area contributed by atoms with Gasteiger partial charge < -0.3 is 8.75 Å². The third-order valence-electron chi connectivity index (χ3n) is 4.16. The van der Waals surface area contributed by atoms with Gasteiger partial charge in [-0.15, -0.1) is 0 Å². The SMILES string of the molecule is CCCC.COSNCC1CCC(n2cnc3cncnc32)C1. The summed E-state index contributed by atoms with van der Waals surface area (Å²) in [6.07, 6.45) is 11.5. The third-order valence-corrected chi connectivity index (χ3v) is 4.61. The van der Waals surface area contributed by atoms with Crippen LogP contribution in [0.2, 0.25) is 0 Å². The molecule has 2 unspecified atom stereocenters. The summed E-state index contributed by atoms with van der Waals surface area (Å²) in [5, 5.41) is 0. The van der Waals surface area contributed by atoms with Gasteiger partial charge in [0.15, 0.2) is 5.65 Å². The summed E-state index contributed by atoms with van der Waals surface area (Å²) in [5.74, 6) is 0.687. The largest absolute Gasteiger partial charge is 0.312 e. The number of nitrogens with one attached hydrogen (secondary N) is 1. The Bertz CT molecular complexity index is 574. The fourth-order valence-corrected chi connectivity index (χ4v) is 3.17. The maximum absolute atomic E-state index is 4.93. The van der Waals surface area contributed by atoms with E-state index in [0.717, 1.165) is 24.1 Å².